The summed E-state index contributed by atoms with van der Waals surface area (Å²) in [5, 5.41) is 22.8. The topological polar surface area (TPSA) is 90.9 Å². The summed E-state index contributed by atoms with van der Waals surface area (Å²) in [6, 6.07) is 16.5. The summed E-state index contributed by atoms with van der Waals surface area (Å²) in [6.07, 6.45) is -0.103. The summed E-state index contributed by atoms with van der Waals surface area (Å²) < 4.78 is 1.90. The highest BCUT2D eigenvalue weighted by Crippen LogP contribution is 2.30. The first-order valence-electron chi connectivity index (χ1n) is 9.13. The third-order valence-electron chi connectivity index (χ3n) is 4.61. The Bertz CT molecular complexity index is 1050. The van der Waals surface area contributed by atoms with Gasteiger partial charge in [0.25, 0.3) is 0 Å². The number of carbonyl (C=O) groups excluding carboxylic acids is 1. The summed E-state index contributed by atoms with van der Waals surface area (Å²) in [4.78, 5) is 17.2. The fourth-order valence-electron chi connectivity index (χ4n) is 3.29. The number of nitrogens with one attached hydrogen (secondary N) is 1. The molecule has 144 valence electrons. The number of nitriles is 1. The number of anilines is 1. The van der Waals surface area contributed by atoms with Crippen LogP contribution in [0, 0.1) is 11.3 Å². The van der Waals surface area contributed by atoms with E-state index in [9.17, 15) is 15.2 Å². The van der Waals surface area contributed by atoms with E-state index < -0.39 is 5.60 Å². The molecule has 1 atom stereocenters. The van der Waals surface area contributed by atoms with E-state index >= 15 is 0 Å². The Hall–Kier alpha value is -3.17. The third-order valence-corrected chi connectivity index (χ3v) is 4.61. The maximum Gasteiger partial charge on any atom is 0.229 e. The molecule has 0 fully saturated rings. The van der Waals surface area contributed by atoms with Gasteiger partial charge in [-0.1, -0.05) is 30.3 Å². The summed E-state index contributed by atoms with van der Waals surface area (Å²) in [6.45, 7) is 7.63. The number of amides is 1. The van der Waals surface area contributed by atoms with Crippen molar-refractivity contribution in [2.75, 3.05) is 5.32 Å². The molecule has 1 heterocycles. The predicted octanol–water partition coefficient (Wildman–Crippen LogP) is 3.90. The Labute approximate surface area is 164 Å². The van der Waals surface area contributed by atoms with Crippen LogP contribution in [-0.2, 0) is 15.9 Å². The highest BCUT2D eigenvalue weighted by molar-refractivity contribution is 5.92. The molecule has 0 aliphatic rings. The van der Waals surface area contributed by atoms with Crippen LogP contribution in [0.15, 0.2) is 48.5 Å². The predicted molar refractivity (Wildman–Crippen MR) is 109 cm³/mol. The second kappa shape index (κ2) is 7.10. The molecule has 0 unspecified atom stereocenters. The number of nitrogens with zero attached hydrogens (tertiary/aromatic N) is 3. The zero-order chi connectivity index (χ0) is 20.5. The maximum atomic E-state index is 12.7. The molecule has 28 heavy (non-hydrogen) atoms. The van der Waals surface area contributed by atoms with E-state index in [1.54, 1.807) is 37.3 Å². The van der Waals surface area contributed by atoms with Gasteiger partial charge in [-0.15, -0.1) is 0 Å². The number of imidazole rings is 1. The molecule has 3 aromatic rings. The minimum absolute atomic E-state index is 0.103. The van der Waals surface area contributed by atoms with E-state index in [2.05, 4.69) is 16.4 Å². The van der Waals surface area contributed by atoms with Crippen molar-refractivity contribution in [3.63, 3.8) is 0 Å². The molecule has 0 spiro atoms. The summed E-state index contributed by atoms with van der Waals surface area (Å²) in [5.74, 6) is 0.0571. The van der Waals surface area contributed by atoms with Crippen LogP contribution in [-0.4, -0.2) is 20.6 Å². The second-order valence-electron chi connectivity index (χ2n) is 8.12. The molecule has 0 saturated heterocycles. The van der Waals surface area contributed by atoms with Gasteiger partial charge < -0.3 is 9.67 Å². The number of hydrogen-bond acceptors (Lipinski definition) is 4. The lowest BCUT2D eigenvalue weighted by atomic mass is 9.92. The van der Waals surface area contributed by atoms with Gasteiger partial charge in [-0.25, -0.2) is 4.98 Å². The highest BCUT2D eigenvalue weighted by Gasteiger charge is 2.28. The first kappa shape index (κ1) is 19.6. The van der Waals surface area contributed by atoms with Crippen molar-refractivity contribution in [2.45, 2.75) is 45.3 Å². The number of hydrogen-bond donors (Lipinski definition) is 2. The summed E-state index contributed by atoms with van der Waals surface area (Å²) in [7, 11) is 0. The Morgan fingerprint density at radius 2 is 1.86 bits per heavy atom. The lowest BCUT2D eigenvalue weighted by Gasteiger charge is -2.26. The Balaban J connectivity index is 1.94. The average molecular weight is 376 g/mol. The van der Waals surface area contributed by atoms with Crippen molar-refractivity contribution in [3.8, 4) is 6.07 Å². The van der Waals surface area contributed by atoms with Crippen molar-refractivity contribution in [1.82, 2.24) is 9.55 Å². The zero-order valence-electron chi connectivity index (χ0n) is 16.5. The maximum absolute atomic E-state index is 12.7. The fraction of sp³-hybridized carbons (Fsp3) is 0.318. The molecular weight excluding hydrogens is 352 g/mol. The molecule has 1 amide bonds. The van der Waals surface area contributed by atoms with Gasteiger partial charge in [0.15, 0.2) is 0 Å². The van der Waals surface area contributed by atoms with Crippen molar-refractivity contribution in [3.05, 3.63) is 59.7 Å². The molecule has 6 nitrogen and oxygen atoms in total. The normalized spacial score (nSPS) is 13.7. The average Bonchev–Trinajstić information content (AvgIpc) is 2.98. The first-order chi connectivity index (χ1) is 13.1. The molecule has 2 aromatic carbocycles. The van der Waals surface area contributed by atoms with Crippen molar-refractivity contribution < 1.29 is 9.90 Å². The Morgan fingerprint density at radius 3 is 2.46 bits per heavy atom. The minimum Gasteiger partial charge on any atom is -0.385 e. The van der Waals surface area contributed by atoms with Gasteiger partial charge in [-0.2, -0.15) is 5.26 Å². The molecule has 2 N–H and O–H groups in total. The van der Waals surface area contributed by atoms with Gasteiger partial charge in [0.2, 0.25) is 11.9 Å². The van der Waals surface area contributed by atoms with Crippen LogP contribution in [0.25, 0.3) is 11.0 Å². The molecule has 0 radical (unpaired) electrons. The lowest BCUT2D eigenvalue weighted by Crippen LogP contribution is -2.31. The lowest BCUT2D eigenvalue weighted by molar-refractivity contribution is -0.120. The zero-order valence-corrected chi connectivity index (χ0v) is 16.5. The van der Waals surface area contributed by atoms with E-state index in [1.165, 1.54) is 0 Å². The van der Waals surface area contributed by atoms with Gasteiger partial charge in [0, 0.05) is 5.54 Å². The van der Waals surface area contributed by atoms with Crippen LogP contribution in [0.1, 0.15) is 45.2 Å². The molecule has 6 heteroatoms. The van der Waals surface area contributed by atoms with Gasteiger partial charge in [-0.3, -0.25) is 10.1 Å². The number of benzene rings is 2. The first-order valence-corrected chi connectivity index (χ1v) is 9.13. The second-order valence-corrected chi connectivity index (χ2v) is 8.12. The highest BCUT2D eigenvalue weighted by atomic mass is 16.3. The quantitative estimate of drug-likeness (QED) is 0.722. The molecule has 1 aromatic heterocycles. The number of aromatic nitrogens is 2. The van der Waals surface area contributed by atoms with Crippen LogP contribution < -0.4 is 5.32 Å². The smallest absolute Gasteiger partial charge is 0.229 e. The van der Waals surface area contributed by atoms with Gasteiger partial charge in [0.05, 0.1) is 34.7 Å². The standard InChI is InChI=1S/C22H24N4O2/c1-21(2,3)26-18-12-15(14-23)10-11-17(18)24-20(26)25-19(27)13-22(4,28)16-8-6-5-7-9-16/h5-12,28H,13H2,1-4H3,(H,24,25,27)/t22-/m0/s1. The number of fused-ring (bicyclic) bond motifs is 1. The summed E-state index contributed by atoms with van der Waals surface area (Å²) >= 11 is 0. The number of carbonyl (C=O) groups is 1. The molecule has 0 aliphatic carbocycles. The molecular formula is C22H24N4O2. The van der Waals surface area contributed by atoms with Crippen molar-refractivity contribution >= 4 is 22.9 Å². The van der Waals surface area contributed by atoms with Crippen molar-refractivity contribution in [1.29, 1.82) is 5.26 Å². The molecule has 0 bridgehead atoms. The number of rotatable bonds is 4. The van der Waals surface area contributed by atoms with Gasteiger partial charge in [-0.05, 0) is 51.5 Å². The van der Waals surface area contributed by atoms with Crippen LogP contribution in [0.3, 0.4) is 0 Å². The monoisotopic (exact) mass is 376 g/mol. The van der Waals surface area contributed by atoms with Gasteiger partial charge in [0.1, 0.15) is 0 Å². The van der Waals surface area contributed by atoms with Crippen LogP contribution in [0.2, 0.25) is 0 Å². The van der Waals surface area contributed by atoms with Crippen LogP contribution >= 0.6 is 0 Å². The minimum atomic E-state index is -1.29. The van der Waals surface area contributed by atoms with E-state index in [-0.39, 0.29) is 17.9 Å². The van der Waals surface area contributed by atoms with E-state index in [0.29, 0.717) is 22.6 Å². The molecule has 3 rings (SSSR count). The Morgan fingerprint density at radius 1 is 1.18 bits per heavy atom. The van der Waals surface area contributed by atoms with Crippen LogP contribution in [0.4, 0.5) is 5.95 Å². The van der Waals surface area contributed by atoms with E-state index in [4.69, 9.17) is 0 Å². The van der Waals surface area contributed by atoms with Crippen LogP contribution in [0.5, 0.6) is 0 Å². The fourth-order valence-corrected chi connectivity index (χ4v) is 3.29. The largest absolute Gasteiger partial charge is 0.385 e. The van der Waals surface area contributed by atoms with Gasteiger partial charge >= 0.3 is 0 Å². The summed E-state index contributed by atoms with van der Waals surface area (Å²) in [5.41, 5.74) is 1.01. The number of aliphatic hydroxyl groups is 1. The van der Waals surface area contributed by atoms with E-state index in [1.807, 2.05) is 43.5 Å². The molecule has 0 aliphatic heterocycles. The van der Waals surface area contributed by atoms with E-state index in [0.717, 1.165) is 5.52 Å². The van der Waals surface area contributed by atoms with Crippen molar-refractivity contribution in [2.24, 2.45) is 0 Å². The molecule has 0 saturated carbocycles. The Kier molecular flexibility index (Phi) is 4.97. The third kappa shape index (κ3) is 3.90. The SMILES string of the molecule is CC(C)(C)n1c(NC(=O)C[C@](C)(O)c2ccccc2)nc2ccc(C#N)cc21.